The Hall–Kier alpha value is -1.96. The van der Waals surface area contributed by atoms with Gasteiger partial charge in [-0.3, -0.25) is 4.79 Å². The predicted molar refractivity (Wildman–Crippen MR) is 96.1 cm³/mol. The van der Waals surface area contributed by atoms with Crippen molar-refractivity contribution in [1.29, 1.82) is 0 Å². The monoisotopic (exact) mass is 350 g/mol. The zero-order valence-corrected chi connectivity index (χ0v) is 15.1. The van der Waals surface area contributed by atoms with Crippen LogP contribution in [-0.2, 0) is 9.59 Å². The highest BCUT2D eigenvalue weighted by Crippen LogP contribution is 2.32. The fourth-order valence-corrected chi connectivity index (χ4v) is 3.19. The smallest absolute Gasteiger partial charge is 0.374 e. The van der Waals surface area contributed by atoms with Crippen molar-refractivity contribution in [3.8, 4) is 11.8 Å². The largest absolute Gasteiger partial charge is 0.508 e. The zero-order chi connectivity index (χ0) is 18.7. The SMILES string of the molecule is CCCCCCC#C[C@H]1CCC(=O)[C@@H]1CCCCC(O)=C(O)C(=O)O. The Morgan fingerprint density at radius 1 is 1.12 bits per heavy atom. The van der Waals surface area contributed by atoms with Crippen LogP contribution < -0.4 is 0 Å². The maximum absolute atomic E-state index is 12.0. The normalized spacial score (nSPS) is 20.8. The highest BCUT2D eigenvalue weighted by Gasteiger charge is 2.32. The van der Waals surface area contributed by atoms with Gasteiger partial charge in [-0.2, -0.15) is 0 Å². The van der Waals surface area contributed by atoms with Crippen molar-refractivity contribution in [2.24, 2.45) is 11.8 Å². The van der Waals surface area contributed by atoms with Gasteiger partial charge in [0.25, 0.3) is 0 Å². The second-order valence-electron chi connectivity index (χ2n) is 6.70. The first kappa shape index (κ1) is 21.1. The molecule has 0 bridgehead atoms. The van der Waals surface area contributed by atoms with E-state index in [0.717, 1.165) is 19.3 Å². The summed E-state index contributed by atoms with van der Waals surface area (Å²) in [6, 6.07) is 0. The van der Waals surface area contributed by atoms with Gasteiger partial charge in [-0.15, -0.1) is 5.92 Å². The van der Waals surface area contributed by atoms with Crippen LogP contribution in [0.3, 0.4) is 0 Å². The van der Waals surface area contributed by atoms with E-state index < -0.39 is 17.5 Å². The molecule has 5 nitrogen and oxygen atoms in total. The van der Waals surface area contributed by atoms with Crippen LogP contribution in [0.4, 0.5) is 0 Å². The van der Waals surface area contributed by atoms with Crippen LogP contribution in [0.25, 0.3) is 0 Å². The number of aliphatic hydroxyl groups is 2. The van der Waals surface area contributed by atoms with E-state index >= 15 is 0 Å². The van der Waals surface area contributed by atoms with Crippen LogP contribution in [0.15, 0.2) is 11.5 Å². The van der Waals surface area contributed by atoms with E-state index in [0.29, 0.717) is 25.7 Å². The number of Topliss-reactive ketones (excluding diaryl/α,β-unsaturated/α-hetero) is 1. The molecule has 1 aliphatic rings. The van der Waals surface area contributed by atoms with E-state index in [2.05, 4.69) is 18.8 Å². The summed E-state index contributed by atoms with van der Waals surface area (Å²) in [7, 11) is 0. The Kier molecular flexibility index (Phi) is 9.76. The van der Waals surface area contributed by atoms with E-state index in [1.54, 1.807) is 0 Å². The number of carboxylic acid groups (broad SMARTS) is 1. The van der Waals surface area contributed by atoms with Crippen LogP contribution >= 0.6 is 0 Å². The lowest BCUT2D eigenvalue weighted by Crippen LogP contribution is -2.13. The predicted octanol–water partition coefficient (Wildman–Crippen LogP) is 4.53. The van der Waals surface area contributed by atoms with E-state index in [-0.39, 0.29) is 24.0 Å². The van der Waals surface area contributed by atoms with Gasteiger partial charge >= 0.3 is 5.97 Å². The number of hydrogen-bond acceptors (Lipinski definition) is 4. The first-order chi connectivity index (χ1) is 12.0. The lowest BCUT2D eigenvalue weighted by Gasteiger charge is -2.13. The van der Waals surface area contributed by atoms with Crippen LogP contribution in [0.1, 0.15) is 77.6 Å². The first-order valence-electron chi connectivity index (χ1n) is 9.32. The highest BCUT2D eigenvalue weighted by atomic mass is 16.4. The summed E-state index contributed by atoms with van der Waals surface area (Å²) in [5.74, 6) is 3.82. The maximum Gasteiger partial charge on any atom is 0.374 e. The molecule has 0 amide bonds. The molecular formula is C20H30O5. The minimum atomic E-state index is -1.53. The number of aliphatic carboxylic acids is 1. The second-order valence-corrected chi connectivity index (χ2v) is 6.70. The van der Waals surface area contributed by atoms with Crippen LogP contribution in [0, 0.1) is 23.7 Å². The molecule has 3 N–H and O–H groups in total. The summed E-state index contributed by atoms with van der Waals surface area (Å²) in [5.41, 5.74) is 0. The third kappa shape index (κ3) is 7.64. The fourth-order valence-electron chi connectivity index (χ4n) is 3.19. The maximum atomic E-state index is 12.0. The minimum absolute atomic E-state index is 0.0395. The molecule has 0 aromatic heterocycles. The molecule has 2 atom stereocenters. The van der Waals surface area contributed by atoms with Crippen molar-refractivity contribution in [1.82, 2.24) is 0 Å². The molecule has 0 heterocycles. The van der Waals surface area contributed by atoms with Gasteiger partial charge in [0.05, 0.1) is 0 Å². The molecule has 1 aliphatic carbocycles. The Morgan fingerprint density at radius 3 is 2.56 bits per heavy atom. The molecule has 1 fully saturated rings. The topological polar surface area (TPSA) is 94.8 Å². The van der Waals surface area contributed by atoms with Crippen molar-refractivity contribution in [3.05, 3.63) is 11.5 Å². The Labute approximate surface area is 150 Å². The van der Waals surface area contributed by atoms with Crippen LogP contribution in [0.2, 0.25) is 0 Å². The van der Waals surface area contributed by atoms with E-state index in [1.807, 2.05) is 0 Å². The number of carbonyl (C=O) groups is 2. The molecule has 0 saturated heterocycles. The third-order valence-corrected chi connectivity index (χ3v) is 4.70. The highest BCUT2D eigenvalue weighted by molar-refractivity contribution is 5.84. The molecule has 25 heavy (non-hydrogen) atoms. The zero-order valence-electron chi connectivity index (χ0n) is 15.1. The molecule has 0 unspecified atom stereocenters. The summed E-state index contributed by atoms with van der Waals surface area (Å²) >= 11 is 0. The van der Waals surface area contributed by atoms with Gasteiger partial charge in [-0.05, 0) is 25.7 Å². The van der Waals surface area contributed by atoms with Gasteiger partial charge < -0.3 is 15.3 Å². The molecule has 1 saturated carbocycles. The number of unbranched alkanes of at least 4 members (excludes halogenated alkanes) is 5. The Morgan fingerprint density at radius 2 is 1.88 bits per heavy atom. The third-order valence-electron chi connectivity index (χ3n) is 4.70. The Bertz CT molecular complexity index is 538. The number of allylic oxidation sites excluding steroid dienone is 1. The fraction of sp³-hybridized carbons (Fsp3) is 0.700. The van der Waals surface area contributed by atoms with Gasteiger partial charge in [0.1, 0.15) is 11.5 Å². The van der Waals surface area contributed by atoms with Crippen LogP contribution in [-0.4, -0.2) is 27.1 Å². The molecule has 1 rings (SSSR count). The van der Waals surface area contributed by atoms with Crippen molar-refractivity contribution in [2.45, 2.75) is 77.6 Å². The number of aliphatic hydroxyl groups excluding tert-OH is 2. The average Bonchev–Trinajstić information content (AvgIpc) is 2.93. The first-order valence-corrected chi connectivity index (χ1v) is 9.32. The van der Waals surface area contributed by atoms with Crippen molar-refractivity contribution in [3.63, 3.8) is 0 Å². The molecule has 0 spiro atoms. The number of rotatable bonds is 10. The van der Waals surface area contributed by atoms with Gasteiger partial charge in [0.2, 0.25) is 5.76 Å². The standard InChI is InChI=1S/C20H30O5/c1-2-3-4-5-6-7-10-15-13-14-17(21)16(15)11-8-9-12-18(22)19(23)20(24)25/h15-16,22-23H,2-6,8-9,11-14H2,1H3,(H,24,25)/t15-,16+/m0/s1. The quantitative estimate of drug-likeness (QED) is 0.233. The van der Waals surface area contributed by atoms with Gasteiger partial charge in [-0.1, -0.05) is 38.5 Å². The van der Waals surface area contributed by atoms with Crippen LogP contribution in [0.5, 0.6) is 0 Å². The Balaban J connectivity index is 2.37. The molecule has 5 heteroatoms. The summed E-state index contributed by atoms with van der Waals surface area (Å²) in [4.78, 5) is 22.6. The van der Waals surface area contributed by atoms with Crippen molar-refractivity contribution >= 4 is 11.8 Å². The van der Waals surface area contributed by atoms with Gasteiger partial charge in [0, 0.05) is 31.1 Å². The summed E-state index contributed by atoms with van der Waals surface area (Å²) in [5, 5.41) is 27.1. The van der Waals surface area contributed by atoms with E-state index in [1.165, 1.54) is 19.3 Å². The van der Waals surface area contributed by atoms with E-state index in [9.17, 15) is 14.7 Å². The molecular weight excluding hydrogens is 320 g/mol. The lowest BCUT2D eigenvalue weighted by molar-refractivity contribution is -0.136. The second kappa shape index (κ2) is 11.6. The molecule has 0 aromatic rings. The summed E-state index contributed by atoms with van der Waals surface area (Å²) in [6.45, 7) is 2.18. The number of carboxylic acids is 1. The molecule has 140 valence electrons. The van der Waals surface area contributed by atoms with E-state index in [4.69, 9.17) is 10.2 Å². The summed E-state index contributed by atoms with van der Waals surface area (Å²) in [6.07, 6.45) is 9.12. The lowest BCUT2D eigenvalue weighted by atomic mass is 9.90. The molecule has 0 aromatic carbocycles. The number of ketones is 1. The average molecular weight is 350 g/mol. The van der Waals surface area contributed by atoms with Crippen molar-refractivity contribution < 1.29 is 24.9 Å². The summed E-state index contributed by atoms with van der Waals surface area (Å²) < 4.78 is 0. The van der Waals surface area contributed by atoms with Crippen molar-refractivity contribution in [2.75, 3.05) is 0 Å². The minimum Gasteiger partial charge on any atom is -0.508 e. The number of hydrogen-bond donors (Lipinski definition) is 3. The molecule has 0 aliphatic heterocycles. The van der Waals surface area contributed by atoms with Gasteiger partial charge in [-0.25, -0.2) is 4.79 Å². The number of carbonyl (C=O) groups excluding carboxylic acids is 1. The molecule has 0 radical (unpaired) electrons. The van der Waals surface area contributed by atoms with Gasteiger partial charge in [0.15, 0.2) is 0 Å².